The first-order chi connectivity index (χ1) is 10.1. The van der Waals surface area contributed by atoms with Gasteiger partial charge in [0.1, 0.15) is 5.76 Å². The molecule has 2 amide bonds. The largest absolute Gasteiger partial charge is 0.475 e. The monoisotopic (exact) mass is 312 g/mol. The molecule has 1 fully saturated rings. The Bertz CT molecular complexity index is 503. The lowest BCUT2D eigenvalue weighted by molar-refractivity contribution is 0.0660. The number of rotatable bonds is 6. The van der Waals surface area contributed by atoms with Gasteiger partial charge in [0.25, 0.3) is 0 Å². The smallest absolute Gasteiger partial charge is 0.371 e. The predicted molar refractivity (Wildman–Crippen MR) is 80.6 cm³/mol. The maximum absolute atomic E-state index is 11.8. The van der Waals surface area contributed by atoms with E-state index in [1.165, 1.54) is 6.07 Å². The van der Waals surface area contributed by atoms with Gasteiger partial charge >= 0.3 is 12.0 Å². The van der Waals surface area contributed by atoms with Gasteiger partial charge in [-0.1, -0.05) is 6.92 Å². The molecule has 0 saturated heterocycles. The van der Waals surface area contributed by atoms with Gasteiger partial charge in [-0.05, 0) is 37.1 Å². The number of hydrogen-bond acceptors (Lipinski definition) is 4. The Kier molecular flexibility index (Phi) is 5.55. The molecule has 1 saturated carbocycles. The third-order valence-electron chi connectivity index (χ3n) is 3.42. The van der Waals surface area contributed by atoms with Crippen LogP contribution in [-0.4, -0.2) is 34.2 Å². The van der Waals surface area contributed by atoms with Gasteiger partial charge in [0, 0.05) is 11.3 Å². The normalized spacial score (nSPS) is 21.2. The lowest BCUT2D eigenvalue weighted by Crippen LogP contribution is -2.40. The van der Waals surface area contributed by atoms with Crippen molar-refractivity contribution in [3.63, 3.8) is 0 Å². The minimum absolute atomic E-state index is 0.123. The molecule has 3 N–H and O–H groups in total. The minimum Gasteiger partial charge on any atom is -0.475 e. The second-order valence-electron chi connectivity index (χ2n) is 4.99. The number of carboxylic acid groups (broad SMARTS) is 1. The van der Waals surface area contributed by atoms with E-state index >= 15 is 0 Å². The summed E-state index contributed by atoms with van der Waals surface area (Å²) in [4.78, 5) is 22.5. The number of thioether (sulfide) groups is 1. The molecule has 0 spiro atoms. The Balaban J connectivity index is 1.71. The summed E-state index contributed by atoms with van der Waals surface area (Å²) >= 11 is 1.94. The van der Waals surface area contributed by atoms with Crippen molar-refractivity contribution in [2.24, 2.45) is 0 Å². The Morgan fingerprint density at radius 3 is 2.90 bits per heavy atom. The highest BCUT2D eigenvalue weighted by Gasteiger charge is 2.25. The number of hydrogen-bond donors (Lipinski definition) is 3. The van der Waals surface area contributed by atoms with Gasteiger partial charge in [-0.3, -0.25) is 0 Å². The van der Waals surface area contributed by atoms with E-state index in [1.807, 2.05) is 11.8 Å². The van der Waals surface area contributed by atoms with Crippen LogP contribution in [0.25, 0.3) is 0 Å². The standard InChI is InChI=1S/C14H20N2O4S/c1-2-21-11-5-3-9(7-11)16-14(19)15-8-10-4-6-12(20-10)13(17)18/h4,6,9,11H,2-3,5,7-8H2,1H3,(H,17,18)(H2,15,16,19). The van der Waals surface area contributed by atoms with Gasteiger partial charge < -0.3 is 20.2 Å². The first-order valence-electron chi connectivity index (χ1n) is 7.06. The van der Waals surface area contributed by atoms with Crippen LogP contribution in [-0.2, 0) is 6.54 Å². The lowest BCUT2D eigenvalue weighted by atomic mass is 10.2. The van der Waals surface area contributed by atoms with Crippen LogP contribution in [0, 0.1) is 0 Å². The zero-order valence-electron chi connectivity index (χ0n) is 11.9. The van der Waals surface area contributed by atoms with E-state index in [0.29, 0.717) is 11.0 Å². The molecule has 2 rings (SSSR count). The Morgan fingerprint density at radius 2 is 2.24 bits per heavy atom. The van der Waals surface area contributed by atoms with Crippen LogP contribution >= 0.6 is 11.8 Å². The van der Waals surface area contributed by atoms with Gasteiger partial charge in [0.2, 0.25) is 5.76 Å². The van der Waals surface area contributed by atoms with Crippen molar-refractivity contribution in [2.75, 3.05) is 5.75 Å². The number of carbonyl (C=O) groups excluding carboxylic acids is 1. The average molecular weight is 312 g/mol. The summed E-state index contributed by atoms with van der Waals surface area (Å²) in [5, 5.41) is 15.0. The van der Waals surface area contributed by atoms with Gasteiger partial charge in [-0.15, -0.1) is 0 Å². The number of furan rings is 1. The molecule has 0 aliphatic heterocycles. The summed E-state index contributed by atoms with van der Waals surface area (Å²) in [6, 6.07) is 2.91. The molecule has 116 valence electrons. The van der Waals surface area contributed by atoms with Crippen LogP contribution < -0.4 is 10.6 Å². The van der Waals surface area contributed by atoms with Crippen LogP contribution in [0.15, 0.2) is 16.5 Å². The van der Waals surface area contributed by atoms with Gasteiger partial charge in [-0.2, -0.15) is 11.8 Å². The number of carboxylic acids is 1. The van der Waals surface area contributed by atoms with Crippen LogP contribution in [0.4, 0.5) is 4.79 Å². The highest BCUT2D eigenvalue weighted by atomic mass is 32.2. The van der Waals surface area contributed by atoms with Crippen LogP contribution in [0.1, 0.15) is 42.5 Å². The third kappa shape index (κ3) is 4.70. The van der Waals surface area contributed by atoms with E-state index in [2.05, 4.69) is 17.6 Å². The average Bonchev–Trinajstić information content (AvgIpc) is 3.06. The highest BCUT2D eigenvalue weighted by molar-refractivity contribution is 7.99. The first-order valence-corrected chi connectivity index (χ1v) is 8.11. The Morgan fingerprint density at radius 1 is 1.43 bits per heavy atom. The van der Waals surface area contributed by atoms with E-state index in [1.54, 1.807) is 6.07 Å². The Labute approximate surface area is 127 Å². The number of carbonyl (C=O) groups is 2. The van der Waals surface area contributed by atoms with Crippen molar-refractivity contribution < 1.29 is 19.1 Å². The second kappa shape index (κ2) is 7.40. The fraction of sp³-hybridized carbons (Fsp3) is 0.571. The molecule has 2 atom stereocenters. The van der Waals surface area contributed by atoms with Crippen molar-refractivity contribution in [2.45, 2.75) is 44.0 Å². The number of amides is 2. The molecular weight excluding hydrogens is 292 g/mol. The van der Waals surface area contributed by atoms with E-state index in [9.17, 15) is 9.59 Å². The minimum atomic E-state index is -1.11. The fourth-order valence-corrected chi connectivity index (χ4v) is 3.59. The Hall–Kier alpha value is -1.63. The summed E-state index contributed by atoms with van der Waals surface area (Å²) in [6.07, 6.45) is 3.16. The molecule has 1 heterocycles. The molecule has 0 aromatic carbocycles. The third-order valence-corrected chi connectivity index (χ3v) is 4.65. The number of nitrogens with one attached hydrogen (secondary N) is 2. The molecule has 7 heteroatoms. The summed E-state index contributed by atoms with van der Waals surface area (Å²) in [6.45, 7) is 2.33. The zero-order chi connectivity index (χ0) is 15.2. The van der Waals surface area contributed by atoms with Gasteiger partial charge in [0.05, 0.1) is 6.54 Å². The predicted octanol–water partition coefficient (Wildman–Crippen LogP) is 2.45. The van der Waals surface area contributed by atoms with Crippen molar-refractivity contribution in [3.05, 3.63) is 23.7 Å². The number of aromatic carboxylic acids is 1. The summed E-state index contributed by atoms with van der Waals surface area (Å²) in [7, 11) is 0. The van der Waals surface area contributed by atoms with E-state index in [0.717, 1.165) is 25.0 Å². The molecule has 1 aliphatic carbocycles. The summed E-state index contributed by atoms with van der Waals surface area (Å²) < 4.78 is 5.07. The zero-order valence-corrected chi connectivity index (χ0v) is 12.7. The first kappa shape index (κ1) is 15.8. The lowest BCUT2D eigenvalue weighted by Gasteiger charge is -2.13. The molecule has 21 heavy (non-hydrogen) atoms. The quantitative estimate of drug-likeness (QED) is 0.750. The molecule has 1 aromatic heterocycles. The van der Waals surface area contributed by atoms with Crippen molar-refractivity contribution in [1.82, 2.24) is 10.6 Å². The van der Waals surface area contributed by atoms with Gasteiger partial charge in [-0.25, -0.2) is 9.59 Å². The summed E-state index contributed by atoms with van der Waals surface area (Å²) in [5.41, 5.74) is 0. The molecule has 1 aromatic rings. The maximum atomic E-state index is 11.8. The molecular formula is C14H20N2O4S. The highest BCUT2D eigenvalue weighted by Crippen LogP contribution is 2.29. The maximum Gasteiger partial charge on any atom is 0.371 e. The van der Waals surface area contributed by atoms with Crippen molar-refractivity contribution >= 4 is 23.8 Å². The molecule has 2 unspecified atom stereocenters. The van der Waals surface area contributed by atoms with Crippen LogP contribution in [0.5, 0.6) is 0 Å². The summed E-state index contributed by atoms with van der Waals surface area (Å²) in [5.74, 6) is 0.292. The SMILES string of the molecule is CCSC1CCC(NC(=O)NCc2ccc(C(=O)O)o2)C1. The van der Waals surface area contributed by atoms with Crippen molar-refractivity contribution in [1.29, 1.82) is 0 Å². The van der Waals surface area contributed by atoms with E-state index in [4.69, 9.17) is 9.52 Å². The molecule has 6 nitrogen and oxygen atoms in total. The van der Waals surface area contributed by atoms with E-state index in [-0.39, 0.29) is 24.4 Å². The molecule has 0 radical (unpaired) electrons. The topological polar surface area (TPSA) is 91.6 Å². The molecule has 1 aliphatic rings. The van der Waals surface area contributed by atoms with Gasteiger partial charge in [0.15, 0.2) is 0 Å². The molecule has 0 bridgehead atoms. The van der Waals surface area contributed by atoms with E-state index < -0.39 is 5.97 Å². The number of urea groups is 1. The van der Waals surface area contributed by atoms with Crippen molar-refractivity contribution in [3.8, 4) is 0 Å². The van der Waals surface area contributed by atoms with Crippen LogP contribution in [0.2, 0.25) is 0 Å². The second-order valence-corrected chi connectivity index (χ2v) is 6.56. The fourth-order valence-electron chi connectivity index (χ4n) is 2.45. The van der Waals surface area contributed by atoms with Crippen LogP contribution in [0.3, 0.4) is 0 Å².